The molecular weight excluding hydrogens is 348 g/mol. The second-order valence-corrected chi connectivity index (χ2v) is 6.42. The number of aromatic nitrogens is 5. The molecule has 0 aliphatic heterocycles. The highest BCUT2D eigenvalue weighted by Gasteiger charge is 2.30. The lowest BCUT2D eigenvalue weighted by Crippen LogP contribution is -2.23. The topological polar surface area (TPSA) is 136 Å². The first-order valence-electron chi connectivity index (χ1n) is 8.28. The Hall–Kier alpha value is -3.30. The molecule has 0 radical (unpaired) electrons. The molecule has 0 saturated carbocycles. The van der Waals surface area contributed by atoms with Gasteiger partial charge in [-0.2, -0.15) is 10.1 Å². The molecule has 0 unspecified atom stereocenters. The van der Waals surface area contributed by atoms with Crippen molar-refractivity contribution in [3.8, 4) is 5.82 Å². The molecule has 4 rings (SSSR count). The number of aliphatic hydroxyl groups is 2. The Kier molecular flexibility index (Phi) is 3.90. The van der Waals surface area contributed by atoms with E-state index in [4.69, 9.17) is 10.3 Å². The number of aliphatic hydroxyl groups excluding tert-OH is 1. The SMILES string of the molecule is Cc1cc([C@](C)(O)c2ccc3c(CO)nn(-c4ccnc(N)n4)c3c2)no1. The van der Waals surface area contributed by atoms with Crippen molar-refractivity contribution in [1.29, 1.82) is 0 Å². The molecule has 138 valence electrons. The molecule has 0 fully saturated rings. The fraction of sp³-hybridized carbons (Fsp3) is 0.222. The van der Waals surface area contributed by atoms with Crippen LogP contribution in [0.1, 0.15) is 29.6 Å². The minimum atomic E-state index is -1.37. The van der Waals surface area contributed by atoms with Crippen LogP contribution in [-0.2, 0) is 12.2 Å². The van der Waals surface area contributed by atoms with Crippen molar-refractivity contribution >= 4 is 16.9 Å². The Morgan fingerprint density at radius 1 is 1.26 bits per heavy atom. The lowest BCUT2D eigenvalue weighted by atomic mass is 9.91. The van der Waals surface area contributed by atoms with E-state index in [2.05, 4.69) is 20.2 Å². The maximum absolute atomic E-state index is 11.1. The Labute approximate surface area is 154 Å². The average Bonchev–Trinajstić information content (AvgIpc) is 3.25. The number of anilines is 1. The summed E-state index contributed by atoms with van der Waals surface area (Å²) in [6, 6.07) is 8.70. The van der Waals surface area contributed by atoms with Gasteiger partial charge < -0.3 is 20.5 Å². The lowest BCUT2D eigenvalue weighted by Gasteiger charge is -2.21. The predicted molar refractivity (Wildman–Crippen MR) is 96.9 cm³/mol. The first kappa shape index (κ1) is 17.1. The third-order valence-corrected chi connectivity index (χ3v) is 4.47. The minimum absolute atomic E-state index is 0.114. The fourth-order valence-electron chi connectivity index (χ4n) is 3.00. The molecule has 0 saturated heterocycles. The Morgan fingerprint density at radius 2 is 2.07 bits per heavy atom. The van der Waals surface area contributed by atoms with E-state index < -0.39 is 5.60 Å². The molecule has 3 heterocycles. The highest BCUT2D eigenvalue weighted by molar-refractivity contribution is 5.84. The van der Waals surface area contributed by atoms with Crippen molar-refractivity contribution < 1.29 is 14.7 Å². The molecule has 1 aromatic carbocycles. The van der Waals surface area contributed by atoms with E-state index in [0.717, 1.165) is 5.39 Å². The van der Waals surface area contributed by atoms with Crippen LogP contribution < -0.4 is 5.73 Å². The van der Waals surface area contributed by atoms with Gasteiger partial charge >= 0.3 is 0 Å². The maximum Gasteiger partial charge on any atom is 0.221 e. The monoisotopic (exact) mass is 366 g/mol. The van der Waals surface area contributed by atoms with Crippen molar-refractivity contribution in [2.45, 2.75) is 26.1 Å². The number of benzene rings is 1. The number of hydrogen-bond donors (Lipinski definition) is 3. The zero-order valence-corrected chi connectivity index (χ0v) is 14.8. The van der Waals surface area contributed by atoms with Crippen LogP contribution in [0.5, 0.6) is 0 Å². The summed E-state index contributed by atoms with van der Waals surface area (Å²) >= 11 is 0. The zero-order valence-electron chi connectivity index (χ0n) is 14.8. The maximum atomic E-state index is 11.1. The summed E-state index contributed by atoms with van der Waals surface area (Å²) < 4.78 is 6.66. The van der Waals surface area contributed by atoms with Crippen molar-refractivity contribution in [3.63, 3.8) is 0 Å². The molecule has 9 nitrogen and oxygen atoms in total. The highest BCUT2D eigenvalue weighted by atomic mass is 16.5. The van der Waals surface area contributed by atoms with Gasteiger partial charge in [-0.05, 0) is 25.5 Å². The molecule has 4 aromatic rings. The van der Waals surface area contributed by atoms with Crippen LogP contribution in [0.3, 0.4) is 0 Å². The van der Waals surface area contributed by atoms with Crippen molar-refractivity contribution in [2.75, 3.05) is 5.73 Å². The standard InChI is InChI=1S/C18H18N6O3/c1-10-7-15(23-27-10)18(2,26)11-3-4-12-13(9-25)22-24(14(12)8-11)16-5-6-20-17(19)21-16/h3-8,25-26H,9H2,1-2H3,(H2,19,20,21)/t18-/m1/s1. The summed E-state index contributed by atoms with van der Waals surface area (Å²) in [5.41, 5.74) is 6.46. The van der Waals surface area contributed by atoms with Crippen LogP contribution in [0.15, 0.2) is 41.1 Å². The van der Waals surface area contributed by atoms with Gasteiger partial charge in [0.05, 0.1) is 17.8 Å². The zero-order chi connectivity index (χ0) is 19.2. The average molecular weight is 366 g/mol. The van der Waals surface area contributed by atoms with E-state index in [-0.39, 0.29) is 12.6 Å². The second-order valence-electron chi connectivity index (χ2n) is 6.42. The number of nitrogens with two attached hydrogens (primary N) is 1. The quantitative estimate of drug-likeness (QED) is 0.493. The van der Waals surface area contributed by atoms with Gasteiger partial charge in [0.25, 0.3) is 0 Å². The van der Waals surface area contributed by atoms with E-state index >= 15 is 0 Å². The smallest absolute Gasteiger partial charge is 0.221 e. The van der Waals surface area contributed by atoms with Crippen LogP contribution in [0, 0.1) is 6.92 Å². The van der Waals surface area contributed by atoms with Crippen LogP contribution in [0.2, 0.25) is 0 Å². The molecule has 0 aliphatic rings. The van der Waals surface area contributed by atoms with E-state index in [1.165, 1.54) is 6.20 Å². The van der Waals surface area contributed by atoms with Crippen molar-refractivity contribution in [3.05, 3.63) is 59.2 Å². The van der Waals surface area contributed by atoms with Gasteiger partial charge in [0.2, 0.25) is 5.95 Å². The molecule has 27 heavy (non-hydrogen) atoms. The van der Waals surface area contributed by atoms with Gasteiger partial charge in [-0.25, -0.2) is 9.67 Å². The molecule has 0 amide bonds. The van der Waals surface area contributed by atoms with Gasteiger partial charge in [-0.3, -0.25) is 0 Å². The summed E-state index contributed by atoms with van der Waals surface area (Å²) in [6.07, 6.45) is 1.53. The Morgan fingerprint density at radius 3 is 2.74 bits per heavy atom. The molecule has 1 atom stereocenters. The number of rotatable bonds is 4. The number of hydrogen-bond acceptors (Lipinski definition) is 8. The summed E-state index contributed by atoms with van der Waals surface area (Å²) in [6.45, 7) is 3.17. The second kappa shape index (κ2) is 6.15. The summed E-state index contributed by atoms with van der Waals surface area (Å²) in [4.78, 5) is 8.08. The van der Waals surface area contributed by atoms with E-state index in [9.17, 15) is 10.2 Å². The molecule has 4 N–H and O–H groups in total. The Bertz CT molecular complexity index is 1130. The van der Waals surface area contributed by atoms with Gasteiger partial charge in [-0.15, -0.1) is 0 Å². The van der Waals surface area contributed by atoms with Gasteiger partial charge in [0.1, 0.15) is 17.1 Å². The number of nitrogens with zero attached hydrogens (tertiary/aromatic N) is 5. The van der Waals surface area contributed by atoms with Crippen molar-refractivity contribution in [1.82, 2.24) is 24.9 Å². The molecule has 0 bridgehead atoms. The third kappa shape index (κ3) is 2.82. The van der Waals surface area contributed by atoms with Crippen LogP contribution in [0.25, 0.3) is 16.7 Å². The molecular formula is C18H18N6O3. The predicted octanol–water partition coefficient (Wildman–Crippen LogP) is 1.44. The summed E-state index contributed by atoms with van der Waals surface area (Å²) in [5.74, 6) is 1.18. The van der Waals surface area contributed by atoms with E-state index in [0.29, 0.717) is 34.0 Å². The van der Waals surface area contributed by atoms with E-state index in [1.54, 1.807) is 48.9 Å². The number of fused-ring (bicyclic) bond motifs is 1. The molecule has 3 aromatic heterocycles. The summed E-state index contributed by atoms with van der Waals surface area (Å²) in [5, 5.41) is 29.8. The third-order valence-electron chi connectivity index (χ3n) is 4.47. The molecule has 9 heteroatoms. The first-order chi connectivity index (χ1) is 12.9. The largest absolute Gasteiger partial charge is 0.390 e. The fourth-order valence-corrected chi connectivity index (χ4v) is 3.00. The number of nitrogen functional groups attached to an aromatic ring is 1. The normalized spacial score (nSPS) is 13.8. The first-order valence-corrected chi connectivity index (χ1v) is 8.28. The Balaban J connectivity index is 1.92. The van der Waals surface area contributed by atoms with Gasteiger partial charge in [-0.1, -0.05) is 17.3 Å². The number of aryl methyl sites for hydroxylation is 1. The summed E-state index contributed by atoms with van der Waals surface area (Å²) in [7, 11) is 0. The van der Waals surface area contributed by atoms with Crippen LogP contribution in [-0.4, -0.2) is 35.1 Å². The minimum Gasteiger partial charge on any atom is -0.390 e. The van der Waals surface area contributed by atoms with Crippen LogP contribution in [0.4, 0.5) is 5.95 Å². The highest BCUT2D eigenvalue weighted by Crippen LogP contribution is 2.32. The van der Waals surface area contributed by atoms with Crippen LogP contribution >= 0.6 is 0 Å². The molecule has 0 aliphatic carbocycles. The lowest BCUT2D eigenvalue weighted by molar-refractivity contribution is 0.0933. The molecule has 0 spiro atoms. The van der Waals surface area contributed by atoms with E-state index in [1.807, 2.05) is 0 Å². The van der Waals surface area contributed by atoms with Crippen molar-refractivity contribution in [2.24, 2.45) is 0 Å². The van der Waals surface area contributed by atoms with Gasteiger partial charge in [0.15, 0.2) is 5.82 Å². The van der Waals surface area contributed by atoms with Gasteiger partial charge in [0, 0.05) is 23.7 Å².